The van der Waals surface area contributed by atoms with Gasteiger partial charge in [0.05, 0.1) is 5.39 Å². The summed E-state index contributed by atoms with van der Waals surface area (Å²) in [6, 6.07) is 11.0. The van der Waals surface area contributed by atoms with Gasteiger partial charge in [-0.15, -0.1) is 0 Å². The molecule has 0 saturated heterocycles. The van der Waals surface area contributed by atoms with Gasteiger partial charge in [0.25, 0.3) is 0 Å². The number of pyridine rings is 1. The van der Waals surface area contributed by atoms with E-state index in [1.165, 1.54) is 0 Å². The number of nitrogens with zero attached hydrogens (tertiary/aromatic N) is 1. The maximum absolute atomic E-state index is 5.80. The Morgan fingerprint density at radius 3 is 2.72 bits per heavy atom. The Kier molecular flexibility index (Phi) is 2.41. The molecule has 4 nitrogen and oxygen atoms in total. The largest absolute Gasteiger partial charge is 0.456 e. The van der Waals surface area contributed by atoms with Crippen LogP contribution in [0, 0.1) is 6.92 Å². The van der Waals surface area contributed by atoms with E-state index in [1.54, 1.807) is 18.3 Å². The minimum absolute atomic E-state index is 0.584. The van der Waals surface area contributed by atoms with Crippen LogP contribution in [-0.2, 0) is 0 Å². The van der Waals surface area contributed by atoms with E-state index in [2.05, 4.69) is 4.98 Å². The van der Waals surface area contributed by atoms with Crippen molar-refractivity contribution in [2.75, 3.05) is 5.73 Å². The van der Waals surface area contributed by atoms with Crippen LogP contribution in [0.4, 0.5) is 5.69 Å². The summed E-state index contributed by atoms with van der Waals surface area (Å²) in [5.41, 5.74) is 6.93. The van der Waals surface area contributed by atoms with Gasteiger partial charge in [0, 0.05) is 18.0 Å². The highest BCUT2D eigenvalue weighted by Crippen LogP contribution is 2.30. The molecule has 2 heterocycles. The van der Waals surface area contributed by atoms with Crippen LogP contribution in [0.15, 0.2) is 47.0 Å². The van der Waals surface area contributed by atoms with Crippen LogP contribution in [0.1, 0.15) is 5.76 Å². The molecular weight excluding hydrogens is 228 g/mol. The molecule has 0 radical (unpaired) electrons. The van der Waals surface area contributed by atoms with E-state index in [1.807, 2.05) is 31.2 Å². The van der Waals surface area contributed by atoms with Crippen molar-refractivity contribution in [3.8, 4) is 11.5 Å². The van der Waals surface area contributed by atoms with Crippen LogP contribution < -0.4 is 10.5 Å². The second-order valence-corrected chi connectivity index (χ2v) is 4.06. The number of rotatable bonds is 2. The van der Waals surface area contributed by atoms with Gasteiger partial charge in [-0.25, -0.2) is 4.98 Å². The summed E-state index contributed by atoms with van der Waals surface area (Å²) in [6.45, 7) is 1.88. The number of anilines is 1. The molecular formula is C14H12N2O2. The Morgan fingerprint density at radius 2 is 1.94 bits per heavy atom. The summed E-state index contributed by atoms with van der Waals surface area (Å²) in [6.07, 6.45) is 1.66. The molecule has 4 heteroatoms. The van der Waals surface area contributed by atoms with E-state index >= 15 is 0 Å². The minimum atomic E-state index is 0.584. The van der Waals surface area contributed by atoms with Gasteiger partial charge in [-0.2, -0.15) is 0 Å². The highest BCUT2D eigenvalue weighted by molar-refractivity contribution is 5.81. The third kappa shape index (κ3) is 1.88. The summed E-state index contributed by atoms with van der Waals surface area (Å²) >= 11 is 0. The molecule has 3 aromatic rings. The van der Waals surface area contributed by atoms with Gasteiger partial charge in [-0.05, 0) is 37.3 Å². The molecule has 2 N–H and O–H groups in total. The summed E-state index contributed by atoms with van der Waals surface area (Å²) in [5.74, 6) is 2.27. The third-order valence-electron chi connectivity index (χ3n) is 2.63. The summed E-state index contributed by atoms with van der Waals surface area (Å²) in [7, 11) is 0. The van der Waals surface area contributed by atoms with Crippen LogP contribution >= 0.6 is 0 Å². The number of hydrogen-bond acceptors (Lipinski definition) is 4. The molecule has 18 heavy (non-hydrogen) atoms. The van der Waals surface area contributed by atoms with Gasteiger partial charge in [-0.1, -0.05) is 0 Å². The SMILES string of the molecule is Cc1cc2c(Oc3ccc(N)cc3)ccnc2o1. The lowest BCUT2D eigenvalue weighted by atomic mass is 10.3. The van der Waals surface area contributed by atoms with E-state index in [0.717, 1.165) is 22.6 Å². The van der Waals surface area contributed by atoms with Crippen molar-refractivity contribution in [1.82, 2.24) is 4.98 Å². The number of aryl methyl sites for hydroxylation is 1. The van der Waals surface area contributed by atoms with Crippen molar-refractivity contribution < 1.29 is 9.15 Å². The van der Waals surface area contributed by atoms with Crippen molar-refractivity contribution in [3.63, 3.8) is 0 Å². The number of nitrogen functional groups attached to an aromatic ring is 1. The molecule has 0 saturated carbocycles. The van der Waals surface area contributed by atoms with Gasteiger partial charge in [0.1, 0.15) is 17.3 Å². The lowest BCUT2D eigenvalue weighted by Gasteiger charge is -2.06. The molecule has 0 bridgehead atoms. The Hall–Kier alpha value is -2.49. The molecule has 0 aliphatic rings. The highest BCUT2D eigenvalue weighted by atomic mass is 16.5. The fourth-order valence-electron chi connectivity index (χ4n) is 1.79. The van der Waals surface area contributed by atoms with Gasteiger partial charge in [0.2, 0.25) is 5.71 Å². The van der Waals surface area contributed by atoms with Gasteiger partial charge < -0.3 is 14.9 Å². The smallest absolute Gasteiger partial charge is 0.229 e. The van der Waals surface area contributed by atoms with Gasteiger partial charge in [-0.3, -0.25) is 0 Å². The number of ether oxygens (including phenoxy) is 1. The normalized spacial score (nSPS) is 10.7. The molecule has 3 rings (SSSR count). The van der Waals surface area contributed by atoms with Gasteiger partial charge in [0.15, 0.2) is 0 Å². The number of fused-ring (bicyclic) bond motifs is 1. The quantitative estimate of drug-likeness (QED) is 0.696. The van der Waals surface area contributed by atoms with Crippen molar-refractivity contribution in [3.05, 3.63) is 48.4 Å². The topological polar surface area (TPSA) is 61.3 Å². The first-order valence-electron chi connectivity index (χ1n) is 5.61. The van der Waals surface area contributed by atoms with E-state index in [-0.39, 0.29) is 0 Å². The molecule has 0 aliphatic heterocycles. The highest BCUT2D eigenvalue weighted by Gasteiger charge is 2.08. The fourth-order valence-corrected chi connectivity index (χ4v) is 1.79. The zero-order valence-electron chi connectivity index (χ0n) is 9.88. The first-order chi connectivity index (χ1) is 8.72. The van der Waals surface area contributed by atoms with Crippen molar-refractivity contribution in [2.45, 2.75) is 6.92 Å². The maximum Gasteiger partial charge on any atom is 0.229 e. The van der Waals surface area contributed by atoms with Crippen LogP contribution in [0.2, 0.25) is 0 Å². The van der Waals surface area contributed by atoms with Crippen molar-refractivity contribution in [2.24, 2.45) is 0 Å². The second-order valence-electron chi connectivity index (χ2n) is 4.06. The van der Waals surface area contributed by atoms with Crippen LogP contribution in [-0.4, -0.2) is 4.98 Å². The molecule has 0 fully saturated rings. The summed E-state index contributed by atoms with van der Waals surface area (Å²) in [5, 5.41) is 0.867. The number of furan rings is 1. The third-order valence-corrected chi connectivity index (χ3v) is 2.63. The lowest BCUT2D eigenvalue weighted by molar-refractivity contribution is 0.487. The average molecular weight is 240 g/mol. The molecule has 90 valence electrons. The zero-order valence-corrected chi connectivity index (χ0v) is 9.88. The van der Waals surface area contributed by atoms with E-state index in [0.29, 0.717) is 11.4 Å². The molecule has 0 amide bonds. The Balaban J connectivity index is 2.01. The number of aromatic nitrogens is 1. The minimum Gasteiger partial charge on any atom is -0.456 e. The second kappa shape index (κ2) is 4.07. The average Bonchev–Trinajstić information content (AvgIpc) is 2.73. The van der Waals surface area contributed by atoms with Crippen LogP contribution in [0.25, 0.3) is 11.1 Å². The summed E-state index contributed by atoms with van der Waals surface area (Å²) in [4.78, 5) is 4.15. The summed E-state index contributed by atoms with van der Waals surface area (Å²) < 4.78 is 11.3. The Labute approximate surface area is 104 Å². The predicted molar refractivity (Wildman–Crippen MR) is 69.7 cm³/mol. The number of hydrogen-bond donors (Lipinski definition) is 1. The molecule has 0 atom stereocenters. The standard InChI is InChI=1S/C14H12N2O2/c1-9-8-12-13(6-7-16-14(12)17-9)18-11-4-2-10(15)3-5-11/h2-8H,15H2,1H3. The lowest BCUT2D eigenvalue weighted by Crippen LogP contribution is -1.87. The maximum atomic E-state index is 5.80. The molecule has 0 aliphatic carbocycles. The molecule has 1 aromatic carbocycles. The zero-order chi connectivity index (χ0) is 12.5. The first-order valence-corrected chi connectivity index (χ1v) is 5.61. The fraction of sp³-hybridized carbons (Fsp3) is 0.0714. The Bertz CT molecular complexity index is 687. The van der Waals surface area contributed by atoms with Crippen LogP contribution in [0.3, 0.4) is 0 Å². The van der Waals surface area contributed by atoms with E-state index in [9.17, 15) is 0 Å². The van der Waals surface area contributed by atoms with Crippen LogP contribution in [0.5, 0.6) is 11.5 Å². The van der Waals surface area contributed by atoms with Crippen molar-refractivity contribution in [1.29, 1.82) is 0 Å². The monoisotopic (exact) mass is 240 g/mol. The van der Waals surface area contributed by atoms with E-state index in [4.69, 9.17) is 14.9 Å². The first kappa shape index (κ1) is 10.7. The van der Waals surface area contributed by atoms with Gasteiger partial charge >= 0.3 is 0 Å². The Morgan fingerprint density at radius 1 is 1.17 bits per heavy atom. The molecule has 0 spiro atoms. The number of nitrogens with two attached hydrogens (primary N) is 1. The molecule has 2 aromatic heterocycles. The predicted octanol–water partition coefficient (Wildman–Crippen LogP) is 3.51. The molecule has 0 unspecified atom stereocenters. The number of benzene rings is 1. The van der Waals surface area contributed by atoms with Crippen molar-refractivity contribution >= 4 is 16.8 Å². The van der Waals surface area contributed by atoms with E-state index < -0.39 is 0 Å².